The monoisotopic (exact) mass is 375 g/mol. The summed E-state index contributed by atoms with van der Waals surface area (Å²) >= 11 is 3.58. The minimum absolute atomic E-state index is 0. The zero-order valence-electron chi connectivity index (χ0n) is 12.9. The maximum absolute atomic E-state index is 5.55. The van der Waals surface area contributed by atoms with Crippen LogP contribution in [0.1, 0.15) is 57.4 Å². The lowest BCUT2D eigenvalue weighted by molar-refractivity contribution is 0.338. The molecule has 0 unspecified atom stereocenters. The van der Waals surface area contributed by atoms with Crippen LogP contribution < -0.4 is 10.1 Å². The second-order valence-electron chi connectivity index (χ2n) is 5.62. The van der Waals surface area contributed by atoms with Crippen LogP contribution >= 0.6 is 28.3 Å². The second kappa shape index (κ2) is 10.5. The summed E-state index contributed by atoms with van der Waals surface area (Å²) in [6, 6.07) is 7.08. The standard InChI is InChI=1S/C17H26BrNO.ClH/c1-2-20-17-11-10-14(12-16(17)18)13-19-15-8-6-4-3-5-7-9-15;/h10-12,15,19H,2-9,13H2,1H3;1H. The molecule has 0 saturated heterocycles. The predicted octanol–water partition coefficient (Wildman–Crippen LogP) is 5.47. The first kappa shape index (κ1) is 18.8. The molecule has 4 heteroatoms. The van der Waals surface area contributed by atoms with E-state index in [1.807, 2.05) is 6.92 Å². The summed E-state index contributed by atoms with van der Waals surface area (Å²) in [4.78, 5) is 0. The van der Waals surface area contributed by atoms with Crippen LogP contribution in [0.25, 0.3) is 0 Å². The van der Waals surface area contributed by atoms with Crippen molar-refractivity contribution in [2.75, 3.05) is 6.61 Å². The number of rotatable bonds is 5. The molecule has 1 aromatic carbocycles. The molecule has 1 fully saturated rings. The molecule has 21 heavy (non-hydrogen) atoms. The maximum Gasteiger partial charge on any atom is 0.133 e. The maximum atomic E-state index is 5.55. The van der Waals surface area contributed by atoms with Crippen molar-refractivity contribution in [3.05, 3.63) is 28.2 Å². The fourth-order valence-electron chi connectivity index (χ4n) is 2.85. The third-order valence-electron chi connectivity index (χ3n) is 4.00. The number of hydrogen-bond donors (Lipinski definition) is 1. The van der Waals surface area contributed by atoms with Gasteiger partial charge in [-0.3, -0.25) is 0 Å². The van der Waals surface area contributed by atoms with Crippen molar-refractivity contribution in [3.63, 3.8) is 0 Å². The molecule has 120 valence electrons. The van der Waals surface area contributed by atoms with Crippen LogP contribution in [-0.2, 0) is 6.54 Å². The molecule has 0 atom stereocenters. The third-order valence-corrected chi connectivity index (χ3v) is 4.62. The van der Waals surface area contributed by atoms with Gasteiger partial charge in [-0.05, 0) is 53.4 Å². The van der Waals surface area contributed by atoms with E-state index in [1.54, 1.807) is 0 Å². The molecule has 0 aromatic heterocycles. The fourth-order valence-corrected chi connectivity index (χ4v) is 3.39. The summed E-state index contributed by atoms with van der Waals surface area (Å²) in [6.45, 7) is 3.67. The van der Waals surface area contributed by atoms with Gasteiger partial charge in [0.1, 0.15) is 5.75 Å². The van der Waals surface area contributed by atoms with Crippen LogP contribution in [0.3, 0.4) is 0 Å². The Morgan fingerprint density at radius 3 is 2.43 bits per heavy atom. The van der Waals surface area contributed by atoms with Gasteiger partial charge in [-0.2, -0.15) is 0 Å². The van der Waals surface area contributed by atoms with Crippen LogP contribution in [0.4, 0.5) is 0 Å². The highest BCUT2D eigenvalue weighted by Gasteiger charge is 2.11. The average molecular weight is 377 g/mol. The summed E-state index contributed by atoms with van der Waals surface area (Å²) in [5, 5.41) is 3.72. The Morgan fingerprint density at radius 1 is 1.14 bits per heavy atom. The van der Waals surface area contributed by atoms with Crippen molar-refractivity contribution in [2.24, 2.45) is 0 Å². The van der Waals surface area contributed by atoms with Crippen LogP contribution in [0.5, 0.6) is 5.75 Å². The third kappa shape index (κ3) is 6.58. The van der Waals surface area contributed by atoms with Crippen LogP contribution in [0.15, 0.2) is 22.7 Å². The van der Waals surface area contributed by atoms with Gasteiger partial charge in [-0.25, -0.2) is 0 Å². The fraction of sp³-hybridized carbons (Fsp3) is 0.647. The van der Waals surface area contributed by atoms with Gasteiger partial charge in [0.25, 0.3) is 0 Å². The molecular weight excluding hydrogens is 350 g/mol. The highest BCUT2D eigenvalue weighted by molar-refractivity contribution is 9.10. The topological polar surface area (TPSA) is 21.3 Å². The van der Waals surface area contributed by atoms with Crippen LogP contribution in [0, 0.1) is 0 Å². The first-order valence-corrected chi connectivity index (χ1v) is 8.73. The van der Waals surface area contributed by atoms with E-state index in [0.29, 0.717) is 12.6 Å². The van der Waals surface area contributed by atoms with Gasteiger partial charge in [-0.15, -0.1) is 12.4 Å². The van der Waals surface area contributed by atoms with Gasteiger partial charge in [-0.1, -0.05) is 38.2 Å². The smallest absolute Gasteiger partial charge is 0.133 e. The highest BCUT2D eigenvalue weighted by Crippen LogP contribution is 2.26. The summed E-state index contributed by atoms with van der Waals surface area (Å²) in [7, 11) is 0. The quantitative estimate of drug-likeness (QED) is 0.735. The van der Waals surface area contributed by atoms with Crippen molar-refractivity contribution >= 4 is 28.3 Å². The molecule has 1 aromatic rings. The van der Waals surface area contributed by atoms with Gasteiger partial charge in [0, 0.05) is 12.6 Å². The molecule has 0 bridgehead atoms. The summed E-state index contributed by atoms with van der Waals surface area (Å²) in [5.74, 6) is 0.933. The Labute approximate surface area is 143 Å². The van der Waals surface area contributed by atoms with Gasteiger partial charge in [0.2, 0.25) is 0 Å². The van der Waals surface area contributed by atoms with E-state index in [0.717, 1.165) is 16.8 Å². The Balaban J connectivity index is 0.00000220. The molecule has 2 rings (SSSR count). The lowest BCUT2D eigenvalue weighted by Gasteiger charge is -2.21. The van der Waals surface area contributed by atoms with Gasteiger partial charge >= 0.3 is 0 Å². The van der Waals surface area contributed by atoms with E-state index in [4.69, 9.17) is 4.74 Å². The average Bonchev–Trinajstić information content (AvgIpc) is 2.40. The molecule has 0 spiro atoms. The first-order chi connectivity index (χ1) is 9.79. The van der Waals surface area contributed by atoms with E-state index in [1.165, 1.54) is 50.5 Å². The zero-order chi connectivity index (χ0) is 14.2. The van der Waals surface area contributed by atoms with Gasteiger partial charge < -0.3 is 10.1 Å². The van der Waals surface area contributed by atoms with Crippen molar-refractivity contribution < 1.29 is 4.74 Å². The van der Waals surface area contributed by atoms with Crippen LogP contribution in [0.2, 0.25) is 0 Å². The van der Waals surface area contributed by atoms with Gasteiger partial charge in [0.15, 0.2) is 0 Å². The molecule has 2 nitrogen and oxygen atoms in total. The number of halogens is 2. The number of ether oxygens (including phenoxy) is 1. The first-order valence-electron chi connectivity index (χ1n) is 7.94. The Kier molecular flexibility index (Phi) is 9.37. The van der Waals surface area contributed by atoms with Crippen molar-refractivity contribution in [3.8, 4) is 5.75 Å². The molecular formula is C17H27BrClNO. The van der Waals surface area contributed by atoms with E-state index >= 15 is 0 Å². The number of nitrogens with one attached hydrogen (secondary N) is 1. The predicted molar refractivity (Wildman–Crippen MR) is 95.5 cm³/mol. The molecule has 0 aliphatic heterocycles. The molecule has 1 aliphatic rings. The minimum atomic E-state index is 0. The van der Waals surface area contributed by atoms with Gasteiger partial charge in [0.05, 0.1) is 11.1 Å². The number of benzene rings is 1. The molecule has 1 N–H and O–H groups in total. The Hall–Kier alpha value is -0.250. The summed E-state index contributed by atoms with van der Waals surface area (Å²) < 4.78 is 6.60. The van der Waals surface area contributed by atoms with E-state index < -0.39 is 0 Å². The summed E-state index contributed by atoms with van der Waals surface area (Å²) in [6.07, 6.45) is 9.67. The Bertz CT molecular complexity index is 406. The van der Waals surface area contributed by atoms with Crippen molar-refractivity contribution in [2.45, 2.75) is 64.5 Å². The molecule has 1 aliphatic carbocycles. The SMILES string of the molecule is CCOc1ccc(CNC2CCCCCCC2)cc1Br.Cl. The minimum Gasteiger partial charge on any atom is -0.493 e. The van der Waals surface area contributed by atoms with Crippen molar-refractivity contribution in [1.82, 2.24) is 5.32 Å². The normalized spacial score (nSPS) is 16.7. The lowest BCUT2D eigenvalue weighted by Crippen LogP contribution is -2.29. The largest absolute Gasteiger partial charge is 0.493 e. The van der Waals surface area contributed by atoms with E-state index in [2.05, 4.69) is 39.4 Å². The molecule has 0 amide bonds. The summed E-state index contributed by atoms with van der Waals surface area (Å²) in [5.41, 5.74) is 1.32. The van der Waals surface area contributed by atoms with Crippen molar-refractivity contribution in [1.29, 1.82) is 0 Å². The highest BCUT2D eigenvalue weighted by atomic mass is 79.9. The molecule has 0 radical (unpaired) electrons. The lowest BCUT2D eigenvalue weighted by atomic mass is 9.96. The zero-order valence-corrected chi connectivity index (χ0v) is 15.3. The van der Waals surface area contributed by atoms with E-state index in [9.17, 15) is 0 Å². The van der Waals surface area contributed by atoms with E-state index in [-0.39, 0.29) is 12.4 Å². The number of hydrogen-bond acceptors (Lipinski definition) is 2. The molecule has 1 saturated carbocycles. The molecule has 0 heterocycles. The second-order valence-corrected chi connectivity index (χ2v) is 6.48. The van der Waals surface area contributed by atoms with Crippen LogP contribution in [-0.4, -0.2) is 12.6 Å². The Morgan fingerprint density at radius 2 is 1.81 bits per heavy atom.